The topological polar surface area (TPSA) is 144 Å². The number of hydrogen-bond donors (Lipinski definition) is 4. The number of hydrogen-bond acceptors (Lipinski definition) is 8. The SMILES string of the molecule is COc1ccc(CNC(=O)[C@@H](NC(=O)[C@H](Cc2ccc(OC)c(OC)c2)NC(=O)Cc2cccc(Oc3ccccc3)c2)C(C)C)c(O)c1. The number of ether oxygens (including phenoxy) is 4. The summed E-state index contributed by atoms with van der Waals surface area (Å²) in [5.74, 6) is 1.03. The summed E-state index contributed by atoms with van der Waals surface area (Å²) in [6.45, 7) is 3.65. The molecular weight excluding hydrogens is 626 g/mol. The fraction of sp³-hybridized carbons (Fsp3) is 0.289. The Morgan fingerprint density at radius 3 is 2.10 bits per heavy atom. The number of phenols is 1. The van der Waals surface area contributed by atoms with Crippen molar-refractivity contribution in [2.24, 2.45) is 5.92 Å². The predicted molar refractivity (Wildman–Crippen MR) is 185 cm³/mol. The van der Waals surface area contributed by atoms with Crippen molar-refractivity contribution >= 4 is 17.7 Å². The Balaban J connectivity index is 1.50. The van der Waals surface area contributed by atoms with Crippen LogP contribution in [0.3, 0.4) is 0 Å². The summed E-state index contributed by atoms with van der Waals surface area (Å²) < 4.78 is 21.8. The summed E-state index contributed by atoms with van der Waals surface area (Å²) in [6.07, 6.45) is 0.0996. The van der Waals surface area contributed by atoms with E-state index in [2.05, 4.69) is 16.0 Å². The first kappa shape index (κ1) is 36.1. The van der Waals surface area contributed by atoms with Gasteiger partial charge in [-0.15, -0.1) is 0 Å². The number of nitrogens with one attached hydrogen (secondary N) is 3. The van der Waals surface area contributed by atoms with Crippen LogP contribution in [0.2, 0.25) is 0 Å². The number of carbonyl (C=O) groups excluding carboxylic acids is 3. The third-order valence-corrected chi connectivity index (χ3v) is 7.77. The molecule has 49 heavy (non-hydrogen) atoms. The molecule has 4 aromatic rings. The molecule has 0 aliphatic heterocycles. The van der Waals surface area contributed by atoms with Crippen LogP contribution in [0.4, 0.5) is 0 Å². The maximum atomic E-state index is 13.9. The van der Waals surface area contributed by atoms with Crippen LogP contribution >= 0.6 is 0 Å². The summed E-state index contributed by atoms with van der Waals surface area (Å²) in [4.78, 5) is 40.6. The summed E-state index contributed by atoms with van der Waals surface area (Å²) in [6, 6.07) is 24.6. The Bertz CT molecular complexity index is 1730. The number of phenolic OH excluding ortho intramolecular Hbond substituents is 1. The summed E-state index contributed by atoms with van der Waals surface area (Å²) >= 11 is 0. The van der Waals surface area contributed by atoms with Crippen LogP contribution in [0.1, 0.15) is 30.5 Å². The molecular formula is C38H43N3O8. The van der Waals surface area contributed by atoms with Crippen LogP contribution in [0.15, 0.2) is 91.0 Å². The smallest absolute Gasteiger partial charge is 0.243 e. The molecule has 0 spiro atoms. The average molecular weight is 670 g/mol. The summed E-state index contributed by atoms with van der Waals surface area (Å²) in [7, 11) is 4.54. The molecule has 0 aliphatic carbocycles. The molecule has 0 unspecified atom stereocenters. The second-order valence-electron chi connectivity index (χ2n) is 11.7. The highest BCUT2D eigenvalue weighted by atomic mass is 16.5. The molecule has 0 fully saturated rings. The van der Waals surface area contributed by atoms with Crippen LogP contribution in [0.5, 0.6) is 34.5 Å². The number of amides is 3. The number of benzene rings is 4. The van der Waals surface area contributed by atoms with Crippen LogP contribution in [0, 0.1) is 5.92 Å². The standard InChI is InChI=1S/C38H43N3O8/c1-24(2)36(38(45)39-23-27-15-16-29(46-3)22-32(27)42)41-37(44)31(19-26-14-17-33(47-4)34(20-26)48-5)40-35(43)21-25-10-9-13-30(18-25)49-28-11-7-6-8-12-28/h6-18,20,22,24,31,36,42H,19,21,23H2,1-5H3,(H,39,45)(H,40,43)(H,41,44)/t31-,36-/m0/s1. The maximum Gasteiger partial charge on any atom is 0.243 e. The lowest BCUT2D eigenvalue weighted by atomic mass is 10.00. The number of methoxy groups -OCH3 is 3. The van der Waals surface area contributed by atoms with E-state index in [0.29, 0.717) is 45.4 Å². The quantitative estimate of drug-likeness (QED) is 0.131. The molecule has 11 heteroatoms. The van der Waals surface area contributed by atoms with Crippen LogP contribution < -0.4 is 34.9 Å². The number of carbonyl (C=O) groups is 3. The van der Waals surface area contributed by atoms with Gasteiger partial charge < -0.3 is 40.0 Å². The molecule has 258 valence electrons. The number of rotatable bonds is 16. The van der Waals surface area contributed by atoms with Crippen molar-refractivity contribution in [3.63, 3.8) is 0 Å². The molecule has 0 saturated carbocycles. The molecule has 0 bridgehead atoms. The van der Waals surface area contributed by atoms with Crippen molar-refractivity contribution < 1.29 is 38.4 Å². The van der Waals surface area contributed by atoms with E-state index in [1.807, 2.05) is 44.2 Å². The van der Waals surface area contributed by atoms with Crippen molar-refractivity contribution in [3.05, 3.63) is 108 Å². The zero-order chi connectivity index (χ0) is 35.3. The van der Waals surface area contributed by atoms with Gasteiger partial charge in [0.15, 0.2) is 11.5 Å². The number of para-hydroxylation sites is 1. The molecule has 2 atom stereocenters. The average Bonchev–Trinajstić information content (AvgIpc) is 3.09. The fourth-order valence-corrected chi connectivity index (χ4v) is 5.13. The van der Waals surface area contributed by atoms with E-state index in [-0.39, 0.29) is 31.1 Å². The van der Waals surface area contributed by atoms with Crippen molar-refractivity contribution in [1.29, 1.82) is 0 Å². The highest BCUT2D eigenvalue weighted by Gasteiger charge is 2.29. The van der Waals surface area contributed by atoms with Crippen molar-refractivity contribution in [1.82, 2.24) is 16.0 Å². The largest absolute Gasteiger partial charge is 0.507 e. The van der Waals surface area contributed by atoms with Crippen LogP contribution in [-0.4, -0.2) is 56.2 Å². The highest BCUT2D eigenvalue weighted by Crippen LogP contribution is 2.28. The van der Waals surface area contributed by atoms with E-state index >= 15 is 0 Å². The van der Waals surface area contributed by atoms with Gasteiger partial charge in [0.1, 0.15) is 35.1 Å². The summed E-state index contributed by atoms with van der Waals surface area (Å²) in [5, 5.41) is 18.8. The van der Waals surface area contributed by atoms with E-state index < -0.39 is 29.8 Å². The third kappa shape index (κ3) is 10.4. The van der Waals surface area contributed by atoms with E-state index in [1.54, 1.807) is 54.6 Å². The number of aromatic hydroxyl groups is 1. The molecule has 4 N–H and O–H groups in total. The monoisotopic (exact) mass is 669 g/mol. The lowest BCUT2D eigenvalue weighted by Gasteiger charge is -2.26. The van der Waals surface area contributed by atoms with Gasteiger partial charge in [-0.05, 0) is 65.6 Å². The minimum absolute atomic E-state index is 0.0127. The predicted octanol–water partition coefficient (Wildman–Crippen LogP) is 4.94. The zero-order valence-corrected chi connectivity index (χ0v) is 28.3. The van der Waals surface area contributed by atoms with Gasteiger partial charge in [-0.3, -0.25) is 14.4 Å². The molecule has 0 saturated heterocycles. The van der Waals surface area contributed by atoms with Crippen molar-refractivity contribution in [3.8, 4) is 34.5 Å². The van der Waals surface area contributed by atoms with Gasteiger partial charge in [0.2, 0.25) is 17.7 Å². The first-order valence-electron chi connectivity index (χ1n) is 15.9. The molecule has 0 radical (unpaired) electrons. The van der Waals surface area contributed by atoms with Gasteiger partial charge in [-0.1, -0.05) is 50.2 Å². The van der Waals surface area contributed by atoms with Gasteiger partial charge in [0.05, 0.1) is 27.8 Å². The maximum absolute atomic E-state index is 13.9. The fourth-order valence-electron chi connectivity index (χ4n) is 5.13. The van der Waals surface area contributed by atoms with Crippen molar-refractivity contribution in [2.75, 3.05) is 21.3 Å². The van der Waals surface area contributed by atoms with Crippen LogP contribution in [-0.2, 0) is 33.8 Å². The van der Waals surface area contributed by atoms with E-state index in [9.17, 15) is 19.5 Å². The van der Waals surface area contributed by atoms with Crippen LogP contribution in [0.25, 0.3) is 0 Å². The first-order valence-corrected chi connectivity index (χ1v) is 15.9. The van der Waals surface area contributed by atoms with Gasteiger partial charge in [0.25, 0.3) is 0 Å². The zero-order valence-electron chi connectivity index (χ0n) is 28.3. The second kappa shape index (κ2) is 17.4. The highest BCUT2D eigenvalue weighted by molar-refractivity contribution is 5.92. The molecule has 4 rings (SSSR count). The molecule has 0 aliphatic rings. The summed E-state index contributed by atoms with van der Waals surface area (Å²) in [5.41, 5.74) is 1.88. The van der Waals surface area contributed by atoms with Gasteiger partial charge in [0, 0.05) is 24.6 Å². The molecule has 11 nitrogen and oxygen atoms in total. The first-order chi connectivity index (χ1) is 23.6. The minimum atomic E-state index is -1.03. The lowest BCUT2D eigenvalue weighted by molar-refractivity contribution is -0.132. The minimum Gasteiger partial charge on any atom is -0.507 e. The van der Waals surface area contributed by atoms with Gasteiger partial charge in [-0.25, -0.2) is 0 Å². The van der Waals surface area contributed by atoms with Gasteiger partial charge in [-0.2, -0.15) is 0 Å². The Hall–Kier alpha value is -5.71. The second-order valence-corrected chi connectivity index (χ2v) is 11.7. The Morgan fingerprint density at radius 1 is 0.694 bits per heavy atom. The molecule has 4 aromatic carbocycles. The Labute approximate surface area is 286 Å². The van der Waals surface area contributed by atoms with Crippen molar-refractivity contribution in [2.45, 2.75) is 45.3 Å². The van der Waals surface area contributed by atoms with E-state index in [0.717, 1.165) is 0 Å². The molecule has 3 amide bonds. The Kier molecular flexibility index (Phi) is 12.9. The third-order valence-electron chi connectivity index (χ3n) is 7.77. The molecule has 0 aromatic heterocycles. The Morgan fingerprint density at radius 2 is 1.43 bits per heavy atom. The van der Waals surface area contributed by atoms with Gasteiger partial charge >= 0.3 is 0 Å². The normalized spacial score (nSPS) is 12.0. The lowest BCUT2D eigenvalue weighted by Crippen LogP contribution is -2.56. The molecule has 0 heterocycles. The van der Waals surface area contributed by atoms with E-state index in [4.69, 9.17) is 18.9 Å². The van der Waals surface area contributed by atoms with E-state index in [1.165, 1.54) is 27.4 Å².